The van der Waals surface area contributed by atoms with Gasteiger partial charge in [-0.2, -0.15) is 17.6 Å². The van der Waals surface area contributed by atoms with Crippen LogP contribution in [0.3, 0.4) is 0 Å². The number of anilines is 2. The van der Waals surface area contributed by atoms with E-state index in [9.17, 15) is 37.1 Å². The molecule has 2 aliphatic rings. The van der Waals surface area contributed by atoms with Crippen LogP contribution in [-0.4, -0.2) is 78.8 Å². The van der Waals surface area contributed by atoms with Crippen LogP contribution in [0.5, 0.6) is 5.75 Å². The number of aromatic hydroxyl groups is 1. The van der Waals surface area contributed by atoms with Crippen molar-refractivity contribution in [2.24, 2.45) is 18.2 Å². The molecule has 1 aromatic carbocycles. The number of primary amides is 1. The molecule has 0 radical (unpaired) electrons. The van der Waals surface area contributed by atoms with Crippen molar-refractivity contribution >= 4 is 46.0 Å². The van der Waals surface area contributed by atoms with E-state index in [0.717, 1.165) is 10.6 Å². The first-order valence-corrected chi connectivity index (χ1v) is 15.4. The zero-order valence-corrected chi connectivity index (χ0v) is 27.0. The second kappa shape index (κ2) is 12.0. The van der Waals surface area contributed by atoms with Crippen molar-refractivity contribution in [1.82, 2.24) is 24.0 Å². The molecule has 0 spiro atoms. The normalized spacial score (nSPS) is 20.8. The number of rotatable bonds is 8. The second-order valence-electron chi connectivity index (χ2n) is 12.4. The van der Waals surface area contributed by atoms with Crippen molar-refractivity contribution in [2.45, 2.75) is 45.1 Å². The van der Waals surface area contributed by atoms with Crippen LogP contribution in [0.2, 0.25) is 5.02 Å². The molecule has 49 heavy (non-hydrogen) atoms. The predicted molar refractivity (Wildman–Crippen MR) is 169 cm³/mol. The van der Waals surface area contributed by atoms with Gasteiger partial charge in [-0.25, -0.2) is 14.4 Å². The fourth-order valence-electron chi connectivity index (χ4n) is 7.18. The Hall–Kier alpha value is -4.77. The highest BCUT2D eigenvalue weighted by Crippen LogP contribution is 2.53. The lowest BCUT2D eigenvalue weighted by atomic mass is 9.65. The third-order valence-corrected chi connectivity index (χ3v) is 10.0. The molecule has 6 rings (SSSR count). The van der Waals surface area contributed by atoms with Gasteiger partial charge in [0.15, 0.2) is 11.6 Å². The van der Waals surface area contributed by atoms with E-state index in [0.29, 0.717) is 25.3 Å². The fraction of sp³-hybridized carbons (Fsp3) is 0.387. The summed E-state index contributed by atoms with van der Waals surface area (Å²) in [5.41, 5.74) is 2.74. The van der Waals surface area contributed by atoms with Crippen LogP contribution < -0.4 is 21.5 Å². The van der Waals surface area contributed by atoms with Crippen molar-refractivity contribution < 1.29 is 36.6 Å². The molecular weight excluding hydrogens is 679 g/mol. The van der Waals surface area contributed by atoms with Gasteiger partial charge < -0.3 is 30.2 Å². The maximum Gasteiger partial charge on any atom is 0.401 e. The Morgan fingerprint density at radius 1 is 1.18 bits per heavy atom. The van der Waals surface area contributed by atoms with Crippen molar-refractivity contribution in [3.8, 4) is 16.9 Å². The number of pyridine rings is 1. The number of aromatic nitrogens is 4. The van der Waals surface area contributed by atoms with Gasteiger partial charge in [-0.15, -0.1) is 0 Å². The van der Waals surface area contributed by atoms with E-state index in [2.05, 4.69) is 15.3 Å². The number of nitrogens with one attached hydrogen (secondary N) is 1. The van der Waals surface area contributed by atoms with Crippen molar-refractivity contribution in [3.05, 3.63) is 63.4 Å². The number of halogens is 6. The van der Waals surface area contributed by atoms with Crippen molar-refractivity contribution in [3.63, 3.8) is 0 Å². The Kier molecular flexibility index (Phi) is 8.34. The van der Waals surface area contributed by atoms with Crippen molar-refractivity contribution in [2.75, 3.05) is 29.9 Å². The largest absolute Gasteiger partial charge is 0.504 e. The quantitative estimate of drug-likeness (QED) is 0.232. The van der Waals surface area contributed by atoms with E-state index < -0.39 is 65.2 Å². The number of alkyl halides is 3. The van der Waals surface area contributed by atoms with Gasteiger partial charge in [0.1, 0.15) is 18.0 Å². The van der Waals surface area contributed by atoms with Gasteiger partial charge in [-0.3, -0.25) is 19.3 Å². The lowest BCUT2D eigenvalue weighted by Gasteiger charge is -2.59. The molecular formula is C31H30ClF5N8O4. The maximum atomic E-state index is 15.2. The molecule has 0 bridgehead atoms. The number of amides is 2. The Morgan fingerprint density at radius 3 is 2.55 bits per heavy atom. The summed E-state index contributed by atoms with van der Waals surface area (Å²) in [5, 5.41) is 12.4. The zero-order valence-electron chi connectivity index (χ0n) is 26.3. The van der Waals surface area contributed by atoms with Gasteiger partial charge in [0.05, 0.1) is 40.7 Å². The number of nitrogens with zero attached hydrogens (tertiary/aromatic N) is 6. The average Bonchev–Trinajstić information content (AvgIpc) is 3.58. The number of carbonyl (C=O) groups excluding carboxylic acids is 2. The van der Waals surface area contributed by atoms with Gasteiger partial charge in [0, 0.05) is 61.0 Å². The Morgan fingerprint density at radius 2 is 1.90 bits per heavy atom. The molecule has 0 aliphatic carbocycles. The van der Waals surface area contributed by atoms with Gasteiger partial charge in [0.25, 0.3) is 11.5 Å². The number of hydrogen-bond acceptors (Lipinski definition) is 8. The monoisotopic (exact) mass is 708 g/mol. The number of carbonyl (C=O) groups is 2. The zero-order chi connectivity index (χ0) is 35.7. The van der Waals surface area contributed by atoms with Crippen LogP contribution in [0.4, 0.5) is 33.5 Å². The molecule has 2 amide bonds. The Balaban J connectivity index is 1.29. The van der Waals surface area contributed by atoms with Gasteiger partial charge in [-0.05, 0) is 19.4 Å². The van der Waals surface area contributed by atoms with E-state index in [4.69, 9.17) is 17.3 Å². The summed E-state index contributed by atoms with van der Waals surface area (Å²) in [7, 11) is 1.37. The molecule has 2 aliphatic heterocycles. The van der Waals surface area contributed by atoms with Gasteiger partial charge in [0.2, 0.25) is 11.7 Å². The molecule has 18 heteroatoms. The van der Waals surface area contributed by atoms with Crippen LogP contribution in [0.25, 0.3) is 22.2 Å². The number of aryl methyl sites for hydroxylation is 1. The maximum absolute atomic E-state index is 15.2. The van der Waals surface area contributed by atoms with E-state index in [1.807, 2.05) is 11.8 Å². The third-order valence-electron chi connectivity index (χ3n) is 9.72. The number of nitrogens with two attached hydrogens (primary N) is 1. The Labute approximate surface area is 279 Å². The first-order valence-electron chi connectivity index (χ1n) is 15.1. The smallest absolute Gasteiger partial charge is 0.401 e. The highest BCUT2D eigenvalue weighted by atomic mass is 35.5. The third kappa shape index (κ3) is 5.63. The number of hydrogen-bond donors (Lipinski definition) is 3. The lowest BCUT2D eigenvalue weighted by molar-refractivity contribution is -0.200. The van der Waals surface area contributed by atoms with Crippen molar-refractivity contribution in [1.29, 1.82) is 0 Å². The first kappa shape index (κ1) is 34.1. The Bertz CT molecular complexity index is 2090. The van der Waals surface area contributed by atoms with Crippen LogP contribution in [-0.2, 0) is 18.4 Å². The minimum atomic E-state index is -4.34. The van der Waals surface area contributed by atoms with Crippen LogP contribution in [0, 0.1) is 17.0 Å². The summed E-state index contributed by atoms with van der Waals surface area (Å²) in [6.07, 6.45) is -0.0203. The topological polar surface area (TPSA) is 152 Å². The van der Waals surface area contributed by atoms with Gasteiger partial charge in [-0.1, -0.05) is 18.5 Å². The van der Waals surface area contributed by atoms with E-state index in [1.54, 1.807) is 6.92 Å². The molecule has 0 saturated carbocycles. The molecule has 12 nitrogen and oxygen atoms in total. The van der Waals surface area contributed by atoms with Crippen LogP contribution >= 0.6 is 11.6 Å². The summed E-state index contributed by atoms with van der Waals surface area (Å²) in [4.78, 5) is 50.3. The predicted octanol–water partition coefficient (Wildman–Crippen LogP) is 4.02. The molecule has 3 atom stereocenters. The standard InChI is InChI=1S/C31H30ClF5N8O4/c1-4-30-11-44(9-20(30)45(14(30)2)12-31(35,36)37)21-6-19(18(32)7-39-21)41-22(46)10-43-8-17(23-28(43)40-13-42(3)29(23)49)15-5-16(27(38)48)26(47)25(34)24(15)33/h5-8,13-14,20,47H,4,9-12H2,1-3H3,(H2,38,48)(H,39,41,46)/t14-,20-,30+/m0/s1. The van der Waals surface area contributed by atoms with Gasteiger partial charge >= 0.3 is 6.18 Å². The summed E-state index contributed by atoms with van der Waals surface area (Å²) < 4.78 is 71.9. The second-order valence-corrected chi connectivity index (χ2v) is 12.8. The van der Waals surface area contributed by atoms with Crippen LogP contribution in [0.15, 0.2) is 35.6 Å². The molecule has 4 aromatic rings. The minimum Gasteiger partial charge on any atom is -0.504 e. The van der Waals surface area contributed by atoms with E-state index in [-0.39, 0.29) is 44.8 Å². The number of phenols is 1. The summed E-state index contributed by atoms with van der Waals surface area (Å²) in [6, 6.07) is 1.67. The summed E-state index contributed by atoms with van der Waals surface area (Å²) in [5.74, 6) is -6.14. The molecule has 2 saturated heterocycles. The average molecular weight is 709 g/mol. The highest BCUT2D eigenvalue weighted by Gasteiger charge is 2.63. The molecule has 5 heterocycles. The first-order chi connectivity index (χ1) is 23.0. The van der Waals surface area contributed by atoms with Crippen LogP contribution in [0.1, 0.15) is 30.6 Å². The summed E-state index contributed by atoms with van der Waals surface area (Å²) >= 11 is 6.37. The lowest BCUT2D eigenvalue weighted by Crippen LogP contribution is -2.71. The molecule has 260 valence electrons. The SMILES string of the molecule is CC[C@]12CN(c3cc(NC(=O)Cn4cc(-c5cc(C(N)=O)c(O)c(F)c5F)c5c(=O)n(C)cnc54)c(Cl)cn3)C[C@@H]1N(CC(F)(F)F)[C@H]2C. The minimum absolute atomic E-state index is 0.0711. The summed E-state index contributed by atoms with van der Waals surface area (Å²) in [6.45, 7) is 2.98. The number of fused-ring (bicyclic) bond motifs is 2. The number of benzene rings is 1. The molecule has 3 aromatic heterocycles. The fourth-order valence-corrected chi connectivity index (χ4v) is 7.33. The molecule has 0 unspecified atom stereocenters. The number of likely N-dealkylation sites (tertiary alicyclic amines) is 1. The molecule has 2 fully saturated rings. The molecule has 4 N–H and O–H groups in total. The van der Waals surface area contributed by atoms with E-state index >= 15 is 4.39 Å². The van der Waals surface area contributed by atoms with E-state index in [1.165, 1.54) is 41.3 Å². The highest BCUT2D eigenvalue weighted by molar-refractivity contribution is 6.33.